The molecule has 3 aliphatic heterocycles. The van der Waals surface area contributed by atoms with Crippen LogP contribution in [0.2, 0.25) is 0 Å². The Bertz CT molecular complexity index is 1190. The van der Waals surface area contributed by atoms with Crippen molar-refractivity contribution in [1.82, 2.24) is 15.1 Å². The molecule has 3 aliphatic rings. The van der Waals surface area contributed by atoms with Gasteiger partial charge in [0, 0.05) is 61.6 Å². The predicted molar refractivity (Wildman–Crippen MR) is 147 cm³/mol. The summed E-state index contributed by atoms with van der Waals surface area (Å²) in [6.45, 7) is 7.31. The molecule has 7 nitrogen and oxygen atoms in total. The molecule has 3 saturated heterocycles. The third kappa shape index (κ3) is 6.78. The summed E-state index contributed by atoms with van der Waals surface area (Å²) < 4.78 is 40.9. The van der Waals surface area contributed by atoms with E-state index in [2.05, 4.69) is 26.8 Å². The maximum absolute atomic E-state index is 13.0. The Balaban J connectivity index is 1.12. The van der Waals surface area contributed by atoms with Gasteiger partial charge in [0.05, 0.1) is 0 Å². The molecule has 2 amide bonds. The monoisotopic (exact) mass is 556 g/mol. The van der Waals surface area contributed by atoms with E-state index in [0.29, 0.717) is 24.0 Å². The lowest BCUT2D eigenvalue weighted by molar-refractivity contribution is -0.274. The minimum atomic E-state index is -4.74. The molecule has 214 valence electrons. The summed E-state index contributed by atoms with van der Waals surface area (Å²) in [5, 5.41) is 3.18. The molecule has 3 fully saturated rings. The lowest BCUT2D eigenvalue weighted by Crippen LogP contribution is -2.52. The van der Waals surface area contributed by atoms with Crippen LogP contribution in [0.1, 0.15) is 48.5 Å². The molecular formula is C30H35F3N4O3. The van der Waals surface area contributed by atoms with Gasteiger partial charge in [-0.3, -0.25) is 9.59 Å². The molecule has 3 atom stereocenters. The van der Waals surface area contributed by atoms with Crippen LogP contribution in [0.25, 0.3) is 6.08 Å². The van der Waals surface area contributed by atoms with E-state index in [1.165, 1.54) is 30.3 Å². The molecule has 0 saturated carbocycles. The molecule has 1 unspecified atom stereocenters. The highest BCUT2D eigenvalue weighted by atomic mass is 19.4. The van der Waals surface area contributed by atoms with Crippen LogP contribution in [0.3, 0.4) is 0 Å². The largest absolute Gasteiger partial charge is 0.573 e. The van der Waals surface area contributed by atoms with Crippen molar-refractivity contribution in [3.63, 3.8) is 0 Å². The number of halogens is 3. The molecule has 2 aromatic rings. The van der Waals surface area contributed by atoms with Crippen LogP contribution in [0.5, 0.6) is 5.75 Å². The van der Waals surface area contributed by atoms with Gasteiger partial charge in [0.2, 0.25) is 5.91 Å². The Morgan fingerprint density at radius 1 is 0.950 bits per heavy atom. The van der Waals surface area contributed by atoms with Crippen molar-refractivity contribution in [2.24, 2.45) is 0 Å². The number of anilines is 1. The van der Waals surface area contributed by atoms with E-state index < -0.39 is 6.36 Å². The van der Waals surface area contributed by atoms with Crippen LogP contribution >= 0.6 is 0 Å². The Hall–Kier alpha value is -3.53. The van der Waals surface area contributed by atoms with Crippen molar-refractivity contribution < 1.29 is 27.5 Å². The smallest absolute Gasteiger partial charge is 0.406 e. The molecule has 5 rings (SSSR count). The van der Waals surface area contributed by atoms with Crippen molar-refractivity contribution in [1.29, 1.82) is 0 Å². The first-order chi connectivity index (χ1) is 19.2. The van der Waals surface area contributed by atoms with Crippen LogP contribution in [-0.4, -0.2) is 78.8 Å². The second-order valence-electron chi connectivity index (χ2n) is 10.7. The number of nitrogens with one attached hydrogen (secondary N) is 1. The summed E-state index contributed by atoms with van der Waals surface area (Å²) in [4.78, 5) is 32.7. The van der Waals surface area contributed by atoms with Crippen molar-refractivity contribution in [2.45, 2.75) is 57.1 Å². The molecule has 2 bridgehead atoms. The number of carbonyl (C=O) groups excluding carboxylic acids is 2. The number of hydrogen-bond acceptors (Lipinski definition) is 5. The van der Waals surface area contributed by atoms with Crippen LogP contribution in [0, 0.1) is 0 Å². The number of alkyl halides is 3. The molecule has 0 spiro atoms. The summed E-state index contributed by atoms with van der Waals surface area (Å²) >= 11 is 0. The Labute approximate surface area is 232 Å². The minimum Gasteiger partial charge on any atom is -0.406 e. The first-order valence-corrected chi connectivity index (χ1v) is 13.9. The summed E-state index contributed by atoms with van der Waals surface area (Å²) in [5.41, 5.74) is 2.37. The van der Waals surface area contributed by atoms with Gasteiger partial charge in [-0.25, -0.2) is 0 Å². The summed E-state index contributed by atoms with van der Waals surface area (Å²) in [6.07, 6.45) is 1.50. The molecule has 40 heavy (non-hydrogen) atoms. The molecule has 2 aromatic carbocycles. The van der Waals surface area contributed by atoms with Crippen molar-refractivity contribution in [2.75, 3.05) is 37.6 Å². The zero-order valence-electron chi connectivity index (χ0n) is 22.6. The second-order valence-corrected chi connectivity index (χ2v) is 10.7. The highest BCUT2D eigenvalue weighted by Gasteiger charge is 2.43. The number of hydrogen-bond donors (Lipinski definition) is 1. The third-order valence-electron chi connectivity index (χ3n) is 8.17. The van der Waals surface area contributed by atoms with Gasteiger partial charge in [-0.05, 0) is 80.3 Å². The van der Waals surface area contributed by atoms with Crippen molar-refractivity contribution >= 4 is 23.6 Å². The molecule has 1 N–H and O–H groups in total. The number of carbonyl (C=O) groups is 2. The average molecular weight is 557 g/mol. The number of amides is 2. The van der Waals surface area contributed by atoms with E-state index in [1.54, 1.807) is 6.08 Å². The predicted octanol–water partition coefficient (Wildman–Crippen LogP) is 4.69. The van der Waals surface area contributed by atoms with E-state index in [9.17, 15) is 22.8 Å². The number of rotatable bonds is 7. The Morgan fingerprint density at radius 2 is 1.57 bits per heavy atom. The number of likely N-dealkylation sites (N-methyl/N-ethyl adjacent to an activating group) is 1. The van der Waals surface area contributed by atoms with Crippen LogP contribution < -0.4 is 15.0 Å². The van der Waals surface area contributed by atoms with Crippen LogP contribution in [0.15, 0.2) is 54.6 Å². The minimum absolute atomic E-state index is 0.000930. The molecule has 3 heterocycles. The molecule has 0 aromatic heterocycles. The summed E-state index contributed by atoms with van der Waals surface area (Å²) in [7, 11) is 0. The van der Waals surface area contributed by atoms with Crippen molar-refractivity contribution in [3.05, 3.63) is 65.7 Å². The van der Waals surface area contributed by atoms with E-state index in [4.69, 9.17) is 0 Å². The molecule has 0 aliphatic carbocycles. The Morgan fingerprint density at radius 3 is 2.15 bits per heavy atom. The topological polar surface area (TPSA) is 65.1 Å². The van der Waals surface area contributed by atoms with Crippen LogP contribution in [0.4, 0.5) is 18.9 Å². The Kier molecular flexibility index (Phi) is 8.35. The van der Waals surface area contributed by atoms with E-state index in [-0.39, 0.29) is 35.7 Å². The first-order valence-electron chi connectivity index (χ1n) is 13.9. The average Bonchev–Trinajstić information content (AvgIpc) is 3.22. The number of fused-ring (bicyclic) bond motifs is 2. The number of ether oxygens (including phenoxy) is 1. The van der Waals surface area contributed by atoms with Gasteiger partial charge in [0.1, 0.15) is 5.75 Å². The van der Waals surface area contributed by atoms with Gasteiger partial charge in [0.15, 0.2) is 0 Å². The number of benzene rings is 2. The second kappa shape index (κ2) is 11.9. The lowest BCUT2D eigenvalue weighted by Gasteiger charge is -2.38. The number of nitrogens with zero attached hydrogens (tertiary/aromatic N) is 3. The summed E-state index contributed by atoms with van der Waals surface area (Å²) in [5.74, 6) is -0.521. The normalized spacial score (nSPS) is 23.4. The van der Waals surface area contributed by atoms with Crippen molar-refractivity contribution in [3.8, 4) is 5.75 Å². The highest BCUT2D eigenvalue weighted by molar-refractivity contribution is 5.95. The lowest BCUT2D eigenvalue weighted by atomic mass is 9.96. The van der Waals surface area contributed by atoms with Gasteiger partial charge >= 0.3 is 6.36 Å². The molecular weight excluding hydrogens is 521 g/mol. The highest BCUT2D eigenvalue weighted by Crippen LogP contribution is 2.36. The number of piperazine rings is 1. The van der Waals surface area contributed by atoms with E-state index >= 15 is 0 Å². The zero-order chi connectivity index (χ0) is 28.3. The fourth-order valence-corrected chi connectivity index (χ4v) is 6.10. The molecule has 10 heteroatoms. The maximum Gasteiger partial charge on any atom is 0.573 e. The summed E-state index contributed by atoms with van der Waals surface area (Å²) in [6, 6.07) is 13.3. The first kappa shape index (κ1) is 28.0. The standard InChI is InChI=1S/C30H35F3N4O3/c1-2-35-15-17-36(18-16-35)24-8-6-22(7-9-24)29(39)34-23-19-25-10-11-26(20-23)37(25)28(38)14-5-21-3-12-27(13-4-21)40-30(31,32)33/h3-9,12-14,23,25-26H,2,10-11,15-20H2,1H3,(H,34,39)/b14-5+/t23?,25-,26+. The van der Waals surface area contributed by atoms with Gasteiger partial charge in [0.25, 0.3) is 5.91 Å². The fourth-order valence-electron chi connectivity index (χ4n) is 6.10. The third-order valence-corrected chi connectivity index (χ3v) is 8.17. The van der Waals surface area contributed by atoms with Gasteiger partial charge in [-0.2, -0.15) is 0 Å². The number of piperidine rings is 1. The maximum atomic E-state index is 13.0. The molecule has 0 radical (unpaired) electrons. The van der Waals surface area contributed by atoms with Gasteiger partial charge in [-0.1, -0.05) is 19.1 Å². The quantitative estimate of drug-likeness (QED) is 0.502. The van der Waals surface area contributed by atoms with Gasteiger partial charge < -0.3 is 24.8 Å². The fraction of sp³-hybridized carbons (Fsp3) is 0.467. The van der Waals surface area contributed by atoms with Crippen LogP contribution in [-0.2, 0) is 4.79 Å². The zero-order valence-corrected chi connectivity index (χ0v) is 22.6. The SMILES string of the molecule is CCN1CCN(c2ccc(C(=O)NC3C[C@H]4CC[C@@H](C3)N4C(=O)/C=C/c3ccc(OC(F)(F)F)cc3)cc2)CC1. The van der Waals surface area contributed by atoms with E-state index in [0.717, 1.165) is 51.3 Å². The van der Waals surface area contributed by atoms with E-state index in [1.807, 2.05) is 29.2 Å². The van der Waals surface area contributed by atoms with Gasteiger partial charge in [-0.15, -0.1) is 13.2 Å².